The van der Waals surface area contributed by atoms with Crippen LogP contribution in [0.5, 0.6) is 0 Å². The molecule has 0 fully saturated rings. The Hall–Kier alpha value is -2.81. The largest absolute Gasteiger partial charge is 0.289 e. The highest BCUT2D eigenvalue weighted by atomic mass is 19.1. The monoisotopic (exact) mass is 294 g/mol. The fraction of sp³-hybridized carbons (Fsp3) is 0. The van der Waals surface area contributed by atoms with Crippen molar-refractivity contribution in [2.75, 3.05) is 0 Å². The van der Waals surface area contributed by atoms with Gasteiger partial charge in [0.1, 0.15) is 11.6 Å². The van der Waals surface area contributed by atoms with Gasteiger partial charge in [-0.3, -0.25) is 4.79 Å². The summed E-state index contributed by atoms with van der Waals surface area (Å²) in [6, 6.07) is 16.8. The summed E-state index contributed by atoms with van der Waals surface area (Å²) in [6.45, 7) is 0. The molecule has 0 saturated heterocycles. The van der Waals surface area contributed by atoms with Crippen LogP contribution >= 0.6 is 0 Å². The van der Waals surface area contributed by atoms with Gasteiger partial charge in [0.2, 0.25) is 0 Å². The predicted molar refractivity (Wildman–Crippen MR) is 83.7 cm³/mol. The van der Waals surface area contributed by atoms with Gasteiger partial charge in [0, 0.05) is 0 Å². The molecule has 3 heteroatoms. The van der Waals surface area contributed by atoms with E-state index in [-0.39, 0.29) is 0 Å². The Kier molecular flexibility index (Phi) is 3.79. The number of fused-ring (bicyclic) bond motifs is 1. The van der Waals surface area contributed by atoms with E-state index in [1.165, 1.54) is 12.1 Å². The summed E-state index contributed by atoms with van der Waals surface area (Å²) in [6.07, 6.45) is 2.78. The smallest absolute Gasteiger partial charge is 0.191 e. The summed E-state index contributed by atoms with van der Waals surface area (Å²) in [5, 5.41) is 2.01. The lowest BCUT2D eigenvalue weighted by atomic mass is 10.0. The lowest BCUT2D eigenvalue weighted by Crippen LogP contribution is -2.02. The SMILES string of the molecule is O=C(/C=C/c1cccc2ccccc12)c1c(F)cccc1F. The molecule has 0 amide bonds. The van der Waals surface area contributed by atoms with E-state index in [0.29, 0.717) is 0 Å². The van der Waals surface area contributed by atoms with Gasteiger partial charge >= 0.3 is 0 Å². The third-order valence-corrected chi connectivity index (χ3v) is 3.45. The molecule has 1 nitrogen and oxygen atoms in total. The van der Waals surface area contributed by atoms with Crippen molar-refractivity contribution in [3.63, 3.8) is 0 Å². The van der Waals surface area contributed by atoms with Gasteiger partial charge in [-0.15, -0.1) is 0 Å². The Morgan fingerprint density at radius 2 is 1.45 bits per heavy atom. The molecule has 0 aromatic heterocycles. The molecule has 22 heavy (non-hydrogen) atoms. The number of halogens is 2. The van der Waals surface area contributed by atoms with Crippen LogP contribution in [0.25, 0.3) is 16.8 Å². The molecule has 0 bridgehead atoms. The minimum Gasteiger partial charge on any atom is -0.289 e. The molecule has 0 aliphatic carbocycles. The number of hydrogen-bond donors (Lipinski definition) is 0. The van der Waals surface area contributed by atoms with Crippen molar-refractivity contribution in [1.82, 2.24) is 0 Å². The molecule has 3 aromatic rings. The molecule has 0 spiro atoms. The molecule has 0 saturated carbocycles. The first-order chi connectivity index (χ1) is 10.7. The van der Waals surface area contributed by atoms with Gasteiger partial charge in [-0.1, -0.05) is 54.6 Å². The van der Waals surface area contributed by atoms with Crippen molar-refractivity contribution in [3.05, 3.63) is 89.5 Å². The molecular formula is C19H12F2O. The fourth-order valence-corrected chi connectivity index (χ4v) is 2.38. The predicted octanol–water partition coefficient (Wildman–Crippen LogP) is 5.01. The van der Waals surface area contributed by atoms with Crippen molar-refractivity contribution in [3.8, 4) is 0 Å². The highest BCUT2D eigenvalue weighted by Crippen LogP contribution is 2.20. The second kappa shape index (κ2) is 5.90. The number of rotatable bonds is 3. The molecule has 108 valence electrons. The number of ketones is 1. The number of carbonyl (C=O) groups excluding carboxylic acids is 1. The maximum absolute atomic E-state index is 13.6. The second-order valence-electron chi connectivity index (χ2n) is 4.86. The minimum atomic E-state index is -0.854. The number of hydrogen-bond acceptors (Lipinski definition) is 1. The standard InChI is InChI=1S/C19H12F2O/c20-16-9-4-10-17(21)19(16)18(22)12-11-14-7-3-6-13-5-1-2-8-15(13)14/h1-12H/b12-11+. The van der Waals surface area contributed by atoms with E-state index < -0.39 is 23.0 Å². The van der Waals surface area contributed by atoms with Gasteiger partial charge in [-0.05, 0) is 34.5 Å². The van der Waals surface area contributed by atoms with Crippen LogP contribution in [-0.4, -0.2) is 5.78 Å². The first-order valence-electron chi connectivity index (χ1n) is 6.81. The van der Waals surface area contributed by atoms with E-state index >= 15 is 0 Å². The summed E-state index contributed by atoms with van der Waals surface area (Å²) in [7, 11) is 0. The van der Waals surface area contributed by atoms with Gasteiger partial charge in [0.05, 0.1) is 5.56 Å². The average molecular weight is 294 g/mol. The summed E-state index contributed by atoms with van der Waals surface area (Å²) in [5.41, 5.74) is 0.294. The van der Waals surface area contributed by atoms with E-state index in [0.717, 1.165) is 28.5 Å². The topological polar surface area (TPSA) is 17.1 Å². The molecular weight excluding hydrogens is 282 g/mol. The van der Waals surface area contributed by atoms with E-state index in [9.17, 15) is 13.6 Å². The highest BCUT2D eigenvalue weighted by Gasteiger charge is 2.14. The van der Waals surface area contributed by atoms with Crippen LogP contribution in [0.15, 0.2) is 66.7 Å². The Morgan fingerprint density at radius 1 is 0.818 bits per heavy atom. The summed E-state index contributed by atoms with van der Waals surface area (Å²) in [5.74, 6) is -2.40. The van der Waals surface area contributed by atoms with Crippen molar-refractivity contribution < 1.29 is 13.6 Å². The van der Waals surface area contributed by atoms with Gasteiger partial charge in [0.15, 0.2) is 5.78 Å². The molecule has 3 aromatic carbocycles. The molecule has 0 aliphatic rings. The lowest BCUT2D eigenvalue weighted by molar-refractivity contribution is 0.104. The van der Waals surface area contributed by atoms with E-state index in [4.69, 9.17) is 0 Å². The van der Waals surface area contributed by atoms with E-state index in [2.05, 4.69) is 0 Å². The third-order valence-electron chi connectivity index (χ3n) is 3.45. The molecule has 0 heterocycles. The normalized spacial score (nSPS) is 11.2. The Balaban J connectivity index is 1.98. The first-order valence-corrected chi connectivity index (χ1v) is 6.81. The first kappa shape index (κ1) is 14.1. The maximum atomic E-state index is 13.6. The molecule has 0 atom stereocenters. The van der Waals surface area contributed by atoms with Crippen LogP contribution in [-0.2, 0) is 0 Å². The van der Waals surface area contributed by atoms with Crippen molar-refractivity contribution in [1.29, 1.82) is 0 Å². The maximum Gasteiger partial charge on any atom is 0.191 e. The Labute approximate surface area is 126 Å². The Bertz CT molecular complexity index is 856. The molecule has 3 rings (SSSR count). The third kappa shape index (κ3) is 2.66. The summed E-state index contributed by atoms with van der Waals surface area (Å²) >= 11 is 0. The minimum absolute atomic E-state index is 0.529. The fourth-order valence-electron chi connectivity index (χ4n) is 2.38. The van der Waals surface area contributed by atoms with E-state index in [1.807, 2.05) is 42.5 Å². The van der Waals surface area contributed by atoms with Crippen molar-refractivity contribution in [2.24, 2.45) is 0 Å². The number of allylic oxidation sites excluding steroid dienone is 1. The van der Waals surface area contributed by atoms with Crippen LogP contribution in [0.2, 0.25) is 0 Å². The lowest BCUT2D eigenvalue weighted by Gasteiger charge is -2.02. The molecule has 0 N–H and O–H groups in total. The van der Waals surface area contributed by atoms with Crippen molar-refractivity contribution >= 4 is 22.6 Å². The van der Waals surface area contributed by atoms with Gasteiger partial charge in [-0.2, -0.15) is 0 Å². The average Bonchev–Trinajstić information content (AvgIpc) is 2.52. The van der Waals surface area contributed by atoms with E-state index in [1.54, 1.807) is 6.08 Å². The van der Waals surface area contributed by atoms with Crippen LogP contribution in [0.3, 0.4) is 0 Å². The number of benzene rings is 3. The highest BCUT2D eigenvalue weighted by molar-refractivity contribution is 6.08. The van der Waals surface area contributed by atoms with Gasteiger partial charge in [0.25, 0.3) is 0 Å². The van der Waals surface area contributed by atoms with Crippen LogP contribution in [0, 0.1) is 11.6 Å². The Morgan fingerprint density at radius 3 is 2.23 bits per heavy atom. The zero-order valence-electron chi connectivity index (χ0n) is 11.6. The quantitative estimate of drug-likeness (QED) is 0.490. The van der Waals surface area contributed by atoms with Crippen LogP contribution in [0.1, 0.15) is 15.9 Å². The zero-order valence-corrected chi connectivity index (χ0v) is 11.6. The molecule has 0 radical (unpaired) electrons. The van der Waals surface area contributed by atoms with Gasteiger partial charge in [-0.25, -0.2) is 8.78 Å². The molecule has 0 aliphatic heterocycles. The summed E-state index contributed by atoms with van der Waals surface area (Å²) < 4.78 is 27.2. The van der Waals surface area contributed by atoms with Crippen LogP contribution < -0.4 is 0 Å². The second-order valence-corrected chi connectivity index (χ2v) is 4.86. The summed E-state index contributed by atoms with van der Waals surface area (Å²) in [4.78, 5) is 12.0. The molecule has 0 unspecified atom stereocenters. The van der Waals surface area contributed by atoms with Gasteiger partial charge < -0.3 is 0 Å². The van der Waals surface area contributed by atoms with Crippen LogP contribution in [0.4, 0.5) is 8.78 Å². The van der Waals surface area contributed by atoms with Crippen molar-refractivity contribution in [2.45, 2.75) is 0 Å². The zero-order chi connectivity index (χ0) is 15.5. The number of carbonyl (C=O) groups is 1.